The van der Waals surface area contributed by atoms with Crippen LogP contribution in [0.15, 0.2) is 12.1 Å². The zero-order valence-corrected chi connectivity index (χ0v) is 10.1. The highest BCUT2D eigenvalue weighted by atomic mass is 32.1. The number of thiophene rings is 1. The minimum absolute atomic E-state index is 0.0773. The highest BCUT2D eigenvalue weighted by Gasteiger charge is 2.45. The van der Waals surface area contributed by atoms with E-state index in [4.69, 9.17) is 10.6 Å². The van der Waals surface area contributed by atoms with Crippen LogP contribution in [-0.4, -0.2) is 12.7 Å². The van der Waals surface area contributed by atoms with Crippen LogP contribution in [-0.2, 0) is 4.74 Å². The van der Waals surface area contributed by atoms with Crippen molar-refractivity contribution in [3.63, 3.8) is 0 Å². The molecule has 0 amide bonds. The van der Waals surface area contributed by atoms with Gasteiger partial charge < -0.3 is 4.74 Å². The Kier molecular flexibility index (Phi) is 3.11. The molecule has 2 rings (SSSR count). The van der Waals surface area contributed by atoms with Gasteiger partial charge in [-0.1, -0.05) is 0 Å². The molecule has 3 N–H and O–H groups in total. The Bertz CT molecular complexity index is 328. The van der Waals surface area contributed by atoms with Gasteiger partial charge in [-0.15, -0.1) is 11.3 Å². The minimum Gasteiger partial charge on any atom is -0.376 e. The Morgan fingerprint density at radius 3 is 2.60 bits per heavy atom. The lowest BCUT2D eigenvalue weighted by atomic mass is 9.74. The molecule has 1 atom stereocenters. The van der Waals surface area contributed by atoms with Gasteiger partial charge in [0.25, 0.3) is 0 Å². The molecule has 1 fully saturated rings. The number of hydrazine groups is 1. The number of rotatable bonds is 4. The van der Waals surface area contributed by atoms with E-state index in [2.05, 4.69) is 24.5 Å². The summed E-state index contributed by atoms with van der Waals surface area (Å²) >= 11 is 1.79. The topological polar surface area (TPSA) is 47.3 Å². The fraction of sp³-hybridized carbons (Fsp3) is 0.636. The van der Waals surface area contributed by atoms with Crippen molar-refractivity contribution in [1.29, 1.82) is 0 Å². The van der Waals surface area contributed by atoms with E-state index >= 15 is 0 Å². The standard InChI is InChI=1S/C11H18N2OS/c1-8-4-5-9(15-8)10(13-12)11(14-2)6-3-7-11/h4-5,10,13H,3,6-7,12H2,1-2H3. The highest BCUT2D eigenvalue weighted by molar-refractivity contribution is 7.12. The molecule has 1 aliphatic rings. The van der Waals surface area contributed by atoms with Gasteiger partial charge in [0.1, 0.15) is 0 Å². The second kappa shape index (κ2) is 4.22. The number of hydrogen-bond acceptors (Lipinski definition) is 4. The van der Waals surface area contributed by atoms with Crippen LogP contribution >= 0.6 is 11.3 Å². The fourth-order valence-corrected chi connectivity index (χ4v) is 3.28. The Labute approximate surface area is 94.6 Å². The summed E-state index contributed by atoms with van der Waals surface area (Å²) in [6.07, 6.45) is 3.42. The van der Waals surface area contributed by atoms with Gasteiger partial charge in [0.05, 0.1) is 11.6 Å². The van der Waals surface area contributed by atoms with Gasteiger partial charge in [-0.05, 0) is 38.3 Å². The molecule has 0 saturated heterocycles. The van der Waals surface area contributed by atoms with Crippen LogP contribution < -0.4 is 11.3 Å². The molecule has 1 aliphatic carbocycles. The Morgan fingerprint density at radius 1 is 1.53 bits per heavy atom. The number of nitrogens with two attached hydrogens (primary N) is 1. The van der Waals surface area contributed by atoms with Gasteiger partial charge in [-0.2, -0.15) is 0 Å². The summed E-state index contributed by atoms with van der Waals surface area (Å²) in [4.78, 5) is 2.59. The summed E-state index contributed by atoms with van der Waals surface area (Å²) in [5, 5.41) is 0. The van der Waals surface area contributed by atoms with Crippen molar-refractivity contribution in [3.8, 4) is 0 Å². The van der Waals surface area contributed by atoms with Gasteiger partial charge in [0.15, 0.2) is 0 Å². The predicted octanol–water partition coefficient (Wildman–Crippen LogP) is 2.13. The number of methoxy groups -OCH3 is 1. The molecule has 1 saturated carbocycles. The second-order valence-corrected chi connectivity index (χ2v) is 5.49. The minimum atomic E-state index is -0.0773. The second-order valence-electron chi connectivity index (χ2n) is 4.17. The molecule has 0 radical (unpaired) electrons. The molecule has 1 aromatic heterocycles. The molecule has 1 heterocycles. The smallest absolute Gasteiger partial charge is 0.0893 e. The zero-order chi connectivity index (χ0) is 10.9. The average Bonchev–Trinajstić information content (AvgIpc) is 2.58. The number of nitrogens with one attached hydrogen (secondary N) is 1. The first kappa shape index (κ1) is 11.1. The van der Waals surface area contributed by atoms with E-state index in [9.17, 15) is 0 Å². The number of hydrogen-bond donors (Lipinski definition) is 2. The Morgan fingerprint density at radius 2 is 2.27 bits per heavy atom. The largest absolute Gasteiger partial charge is 0.376 e. The SMILES string of the molecule is COC1(C(NN)c2ccc(C)s2)CCC1. The van der Waals surface area contributed by atoms with Crippen LogP contribution in [0.5, 0.6) is 0 Å². The molecule has 84 valence electrons. The van der Waals surface area contributed by atoms with Crippen molar-refractivity contribution < 1.29 is 4.74 Å². The van der Waals surface area contributed by atoms with Gasteiger partial charge in [0.2, 0.25) is 0 Å². The number of ether oxygens (including phenoxy) is 1. The molecule has 1 unspecified atom stereocenters. The first-order valence-electron chi connectivity index (χ1n) is 5.29. The van der Waals surface area contributed by atoms with E-state index < -0.39 is 0 Å². The van der Waals surface area contributed by atoms with Crippen molar-refractivity contribution in [2.24, 2.45) is 5.84 Å². The average molecular weight is 226 g/mol. The van der Waals surface area contributed by atoms with Gasteiger partial charge in [0, 0.05) is 16.9 Å². The van der Waals surface area contributed by atoms with Crippen molar-refractivity contribution >= 4 is 11.3 Å². The Hall–Kier alpha value is -0.420. The van der Waals surface area contributed by atoms with Crippen LogP contribution in [0, 0.1) is 6.92 Å². The summed E-state index contributed by atoms with van der Waals surface area (Å²) in [6, 6.07) is 4.41. The molecule has 0 aliphatic heterocycles. The summed E-state index contributed by atoms with van der Waals surface area (Å²) in [6.45, 7) is 2.11. The molecule has 0 bridgehead atoms. The van der Waals surface area contributed by atoms with E-state index in [1.165, 1.54) is 16.2 Å². The lowest BCUT2D eigenvalue weighted by molar-refractivity contribution is -0.0991. The third kappa shape index (κ3) is 1.83. The van der Waals surface area contributed by atoms with Crippen LogP contribution in [0.1, 0.15) is 35.1 Å². The normalized spacial score (nSPS) is 21.0. The molecule has 0 spiro atoms. The van der Waals surface area contributed by atoms with Crippen molar-refractivity contribution in [2.75, 3.05) is 7.11 Å². The van der Waals surface area contributed by atoms with Crippen LogP contribution in [0.3, 0.4) is 0 Å². The van der Waals surface area contributed by atoms with Crippen molar-refractivity contribution in [3.05, 3.63) is 21.9 Å². The number of aryl methyl sites for hydroxylation is 1. The molecule has 15 heavy (non-hydrogen) atoms. The molecule has 4 heteroatoms. The van der Waals surface area contributed by atoms with Crippen LogP contribution in [0.25, 0.3) is 0 Å². The van der Waals surface area contributed by atoms with Crippen LogP contribution in [0.4, 0.5) is 0 Å². The molecular formula is C11H18N2OS. The molecule has 0 aromatic carbocycles. The maximum atomic E-state index is 5.66. The lowest BCUT2D eigenvalue weighted by Gasteiger charge is -2.45. The fourth-order valence-electron chi connectivity index (χ4n) is 2.24. The summed E-state index contributed by atoms with van der Waals surface area (Å²) in [7, 11) is 1.78. The third-order valence-corrected chi connectivity index (χ3v) is 4.41. The molecule has 1 aromatic rings. The summed E-state index contributed by atoms with van der Waals surface area (Å²) < 4.78 is 5.65. The monoisotopic (exact) mass is 226 g/mol. The van der Waals surface area contributed by atoms with Gasteiger partial charge >= 0.3 is 0 Å². The van der Waals surface area contributed by atoms with Crippen molar-refractivity contribution in [2.45, 2.75) is 37.8 Å². The maximum absolute atomic E-state index is 5.66. The third-order valence-electron chi connectivity index (χ3n) is 3.34. The lowest BCUT2D eigenvalue weighted by Crippen LogP contribution is -2.52. The maximum Gasteiger partial charge on any atom is 0.0893 e. The first-order valence-corrected chi connectivity index (χ1v) is 6.11. The summed E-state index contributed by atoms with van der Waals surface area (Å²) in [5.41, 5.74) is 2.83. The van der Waals surface area contributed by atoms with E-state index in [0.29, 0.717) is 0 Å². The zero-order valence-electron chi connectivity index (χ0n) is 9.25. The molecule has 3 nitrogen and oxygen atoms in total. The van der Waals surface area contributed by atoms with E-state index in [0.717, 1.165) is 12.8 Å². The van der Waals surface area contributed by atoms with E-state index in [-0.39, 0.29) is 11.6 Å². The molecular weight excluding hydrogens is 208 g/mol. The highest BCUT2D eigenvalue weighted by Crippen LogP contribution is 2.45. The van der Waals surface area contributed by atoms with E-state index in [1.807, 2.05) is 0 Å². The van der Waals surface area contributed by atoms with Crippen LogP contribution in [0.2, 0.25) is 0 Å². The van der Waals surface area contributed by atoms with Crippen molar-refractivity contribution in [1.82, 2.24) is 5.43 Å². The Balaban J connectivity index is 2.23. The quantitative estimate of drug-likeness (QED) is 0.611. The first-order chi connectivity index (χ1) is 7.22. The van der Waals surface area contributed by atoms with Gasteiger partial charge in [-0.25, -0.2) is 5.43 Å². The van der Waals surface area contributed by atoms with Gasteiger partial charge in [-0.3, -0.25) is 5.84 Å². The summed E-state index contributed by atoms with van der Waals surface area (Å²) in [5.74, 6) is 5.66. The van der Waals surface area contributed by atoms with E-state index in [1.54, 1.807) is 18.4 Å². The predicted molar refractivity (Wildman–Crippen MR) is 62.7 cm³/mol.